The van der Waals surface area contributed by atoms with Gasteiger partial charge in [0.25, 0.3) is 0 Å². The molecule has 0 spiro atoms. The van der Waals surface area contributed by atoms with Crippen LogP contribution in [0.3, 0.4) is 0 Å². The number of hydrogen-bond donors (Lipinski definition) is 0. The zero-order valence-electron chi connectivity index (χ0n) is 19.8. The van der Waals surface area contributed by atoms with Crippen molar-refractivity contribution in [2.75, 3.05) is 59.1 Å². The van der Waals surface area contributed by atoms with Crippen LogP contribution in [0.5, 0.6) is 17.2 Å². The fourth-order valence-corrected chi connectivity index (χ4v) is 4.44. The molecule has 0 amide bonds. The second-order valence-corrected chi connectivity index (χ2v) is 8.54. The summed E-state index contributed by atoms with van der Waals surface area (Å²) < 4.78 is 22.2. The lowest BCUT2D eigenvalue weighted by molar-refractivity contribution is 0.122. The molecular weight excluding hydrogens is 408 g/mol. The Labute approximate surface area is 190 Å². The summed E-state index contributed by atoms with van der Waals surface area (Å²) in [6, 6.07) is 3.98. The van der Waals surface area contributed by atoms with Crippen molar-refractivity contribution in [3.8, 4) is 17.2 Å². The van der Waals surface area contributed by atoms with Gasteiger partial charge >= 0.3 is 0 Å². The van der Waals surface area contributed by atoms with E-state index in [1.807, 2.05) is 12.1 Å². The maximum Gasteiger partial charge on any atom is 0.203 e. The molecular formula is C24H34N4O4. The minimum Gasteiger partial charge on any atom is -0.493 e. The first-order valence-corrected chi connectivity index (χ1v) is 11.3. The molecule has 0 saturated carbocycles. The number of hydrogen-bond acceptors (Lipinski definition) is 8. The van der Waals surface area contributed by atoms with Crippen molar-refractivity contribution in [2.24, 2.45) is 0 Å². The van der Waals surface area contributed by atoms with Crippen LogP contribution in [0.2, 0.25) is 0 Å². The Morgan fingerprint density at radius 2 is 1.72 bits per heavy atom. The molecule has 0 atom stereocenters. The van der Waals surface area contributed by atoms with Crippen molar-refractivity contribution in [3.63, 3.8) is 0 Å². The standard InChI is InChI=1S/C24H34N4O4/c1-16(2)23-25-19-15-27(9-8-18(19)24(26-23)28-10-12-32-13-11-28)14-17-6-7-20(29-3)22(31-5)21(17)30-4/h6-7,16H,8-15H2,1-5H3. The molecule has 174 valence electrons. The van der Waals surface area contributed by atoms with Gasteiger partial charge in [0.1, 0.15) is 11.6 Å². The quantitative estimate of drug-likeness (QED) is 0.648. The zero-order chi connectivity index (χ0) is 22.7. The Morgan fingerprint density at radius 1 is 0.969 bits per heavy atom. The summed E-state index contributed by atoms with van der Waals surface area (Å²) in [6.45, 7) is 10.0. The molecule has 0 radical (unpaired) electrons. The highest BCUT2D eigenvalue weighted by atomic mass is 16.5. The average Bonchev–Trinajstić information content (AvgIpc) is 2.83. The first-order valence-electron chi connectivity index (χ1n) is 11.3. The topological polar surface area (TPSA) is 69.2 Å². The number of ether oxygens (including phenoxy) is 4. The van der Waals surface area contributed by atoms with Crippen molar-refractivity contribution < 1.29 is 18.9 Å². The van der Waals surface area contributed by atoms with E-state index in [1.165, 1.54) is 5.56 Å². The van der Waals surface area contributed by atoms with E-state index in [0.717, 1.165) is 81.0 Å². The number of morpholine rings is 1. The molecule has 1 aromatic heterocycles. The SMILES string of the molecule is COc1ccc(CN2CCc3c(nc(C(C)C)nc3N3CCOCC3)C2)c(OC)c1OC. The molecule has 0 bridgehead atoms. The van der Waals surface area contributed by atoms with Gasteiger partial charge in [-0.1, -0.05) is 19.9 Å². The van der Waals surface area contributed by atoms with Gasteiger partial charge in [-0.25, -0.2) is 9.97 Å². The summed E-state index contributed by atoms with van der Waals surface area (Å²) in [5, 5.41) is 0. The number of nitrogens with zero attached hydrogens (tertiary/aromatic N) is 4. The maximum atomic E-state index is 5.69. The number of aromatic nitrogens is 2. The fourth-order valence-electron chi connectivity index (χ4n) is 4.44. The van der Waals surface area contributed by atoms with E-state index in [2.05, 4.69) is 23.6 Å². The molecule has 1 aromatic carbocycles. The average molecular weight is 443 g/mol. The molecule has 8 heteroatoms. The van der Waals surface area contributed by atoms with Crippen LogP contribution in [0.1, 0.15) is 42.4 Å². The fraction of sp³-hybridized carbons (Fsp3) is 0.583. The van der Waals surface area contributed by atoms with Crippen LogP contribution in [-0.2, 0) is 24.2 Å². The Balaban J connectivity index is 1.62. The second kappa shape index (κ2) is 9.92. The van der Waals surface area contributed by atoms with E-state index in [-0.39, 0.29) is 5.92 Å². The van der Waals surface area contributed by atoms with Crippen LogP contribution in [-0.4, -0.2) is 69.0 Å². The van der Waals surface area contributed by atoms with Crippen LogP contribution >= 0.6 is 0 Å². The van der Waals surface area contributed by atoms with Crippen LogP contribution in [0.4, 0.5) is 5.82 Å². The molecule has 32 heavy (non-hydrogen) atoms. The molecule has 3 heterocycles. The summed E-state index contributed by atoms with van der Waals surface area (Å²) >= 11 is 0. The van der Waals surface area contributed by atoms with Gasteiger partial charge in [-0.3, -0.25) is 4.90 Å². The van der Waals surface area contributed by atoms with Crippen molar-refractivity contribution in [1.82, 2.24) is 14.9 Å². The highest BCUT2D eigenvalue weighted by Gasteiger charge is 2.27. The van der Waals surface area contributed by atoms with E-state index < -0.39 is 0 Å². The Morgan fingerprint density at radius 3 is 2.38 bits per heavy atom. The van der Waals surface area contributed by atoms with E-state index in [4.69, 9.17) is 28.9 Å². The number of benzene rings is 1. The van der Waals surface area contributed by atoms with Crippen LogP contribution in [0.25, 0.3) is 0 Å². The van der Waals surface area contributed by atoms with Gasteiger partial charge < -0.3 is 23.8 Å². The molecule has 4 rings (SSSR count). The smallest absolute Gasteiger partial charge is 0.203 e. The van der Waals surface area contributed by atoms with Gasteiger partial charge in [0, 0.05) is 49.8 Å². The van der Waals surface area contributed by atoms with Crippen LogP contribution < -0.4 is 19.1 Å². The van der Waals surface area contributed by atoms with Gasteiger partial charge in [-0.05, 0) is 12.5 Å². The van der Waals surface area contributed by atoms with Gasteiger partial charge in [-0.2, -0.15) is 0 Å². The van der Waals surface area contributed by atoms with Crippen molar-refractivity contribution >= 4 is 5.82 Å². The van der Waals surface area contributed by atoms with E-state index in [0.29, 0.717) is 11.5 Å². The predicted octanol–water partition coefficient (Wildman–Crippen LogP) is 3.02. The van der Waals surface area contributed by atoms with Crippen molar-refractivity contribution in [2.45, 2.75) is 39.3 Å². The zero-order valence-corrected chi connectivity index (χ0v) is 19.8. The summed E-state index contributed by atoms with van der Waals surface area (Å²) in [5.41, 5.74) is 3.49. The van der Waals surface area contributed by atoms with Crippen LogP contribution in [0.15, 0.2) is 12.1 Å². The number of fused-ring (bicyclic) bond motifs is 1. The first-order chi connectivity index (χ1) is 15.5. The lowest BCUT2D eigenvalue weighted by Gasteiger charge is -2.34. The molecule has 1 saturated heterocycles. The van der Waals surface area contributed by atoms with Crippen LogP contribution in [0, 0.1) is 0 Å². The Hall–Kier alpha value is -2.58. The van der Waals surface area contributed by atoms with Gasteiger partial charge in [-0.15, -0.1) is 0 Å². The van der Waals surface area contributed by atoms with Gasteiger partial charge in [0.2, 0.25) is 5.75 Å². The number of rotatable bonds is 7. The third-order valence-corrected chi connectivity index (χ3v) is 6.15. The Bertz CT molecular complexity index is 944. The minimum absolute atomic E-state index is 0.279. The summed E-state index contributed by atoms with van der Waals surface area (Å²) in [4.78, 5) is 14.7. The lowest BCUT2D eigenvalue weighted by Crippen LogP contribution is -2.39. The van der Waals surface area contributed by atoms with E-state index >= 15 is 0 Å². The summed E-state index contributed by atoms with van der Waals surface area (Å²) in [7, 11) is 4.94. The second-order valence-electron chi connectivity index (χ2n) is 8.54. The Kier molecular flexibility index (Phi) is 7.01. The van der Waals surface area contributed by atoms with Gasteiger partial charge in [0.15, 0.2) is 11.5 Å². The minimum atomic E-state index is 0.279. The lowest BCUT2D eigenvalue weighted by atomic mass is 10.0. The van der Waals surface area contributed by atoms with Crippen molar-refractivity contribution in [1.29, 1.82) is 0 Å². The number of methoxy groups -OCH3 is 3. The van der Waals surface area contributed by atoms with E-state index in [1.54, 1.807) is 21.3 Å². The maximum absolute atomic E-state index is 5.69. The van der Waals surface area contributed by atoms with Gasteiger partial charge in [0.05, 0.1) is 40.2 Å². The molecule has 0 N–H and O–H groups in total. The molecule has 0 unspecified atom stereocenters. The third-order valence-electron chi connectivity index (χ3n) is 6.15. The largest absolute Gasteiger partial charge is 0.493 e. The molecule has 8 nitrogen and oxygen atoms in total. The summed E-state index contributed by atoms with van der Waals surface area (Å²) in [5.74, 6) is 4.31. The normalized spacial score (nSPS) is 16.8. The molecule has 2 aliphatic heterocycles. The first kappa shape index (κ1) is 22.6. The molecule has 2 aromatic rings. The highest BCUT2D eigenvalue weighted by Crippen LogP contribution is 2.40. The molecule has 0 aliphatic carbocycles. The molecule has 1 fully saturated rings. The van der Waals surface area contributed by atoms with Crippen molar-refractivity contribution in [3.05, 3.63) is 34.8 Å². The monoisotopic (exact) mass is 442 g/mol. The predicted molar refractivity (Wildman–Crippen MR) is 123 cm³/mol. The molecule has 2 aliphatic rings. The third kappa shape index (κ3) is 4.47. The summed E-state index contributed by atoms with van der Waals surface area (Å²) in [6.07, 6.45) is 0.927. The van der Waals surface area contributed by atoms with E-state index in [9.17, 15) is 0 Å². The number of anilines is 1. The highest BCUT2D eigenvalue weighted by molar-refractivity contribution is 5.56.